The Morgan fingerprint density at radius 3 is 2.79 bits per heavy atom. The summed E-state index contributed by atoms with van der Waals surface area (Å²) in [5.74, 6) is 0.545. The molecule has 1 N–H and O–H groups in total. The molecule has 0 spiro atoms. The zero-order valence-corrected chi connectivity index (χ0v) is 17.2. The SMILES string of the molecule is O=C(NCCc1nc(C2CCCCC2)cs1)C(Cc1ccccc1)n1cnnn1. The third-order valence-corrected chi connectivity index (χ3v) is 6.42. The molecule has 29 heavy (non-hydrogen) atoms. The predicted octanol–water partition coefficient (Wildman–Crippen LogP) is 3.32. The lowest BCUT2D eigenvalue weighted by Crippen LogP contribution is -2.35. The molecular weight excluding hydrogens is 384 g/mol. The lowest BCUT2D eigenvalue weighted by molar-refractivity contribution is -0.124. The Labute approximate surface area is 174 Å². The van der Waals surface area contributed by atoms with E-state index in [2.05, 4.69) is 26.2 Å². The number of carbonyl (C=O) groups is 1. The topological polar surface area (TPSA) is 85.6 Å². The van der Waals surface area contributed by atoms with Gasteiger partial charge in [0.1, 0.15) is 12.4 Å². The molecule has 0 radical (unpaired) electrons. The van der Waals surface area contributed by atoms with E-state index in [9.17, 15) is 4.79 Å². The molecule has 8 heteroatoms. The summed E-state index contributed by atoms with van der Waals surface area (Å²) in [7, 11) is 0. The van der Waals surface area contributed by atoms with Gasteiger partial charge in [0, 0.05) is 30.7 Å². The Morgan fingerprint density at radius 1 is 1.21 bits per heavy atom. The first-order chi connectivity index (χ1) is 14.3. The zero-order chi connectivity index (χ0) is 19.9. The van der Waals surface area contributed by atoms with Gasteiger partial charge in [0.05, 0.1) is 10.7 Å². The summed E-state index contributed by atoms with van der Waals surface area (Å²) in [5.41, 5.74) is 2.31. The van der Waals surface area contributed by atoms with E-state index in [1.54, 1.807) is 11.3 Å². The minimum Gasteiger partial charge on any atom is -0.354 e. The Morgan fingerprint density at radius 2 is 2.03 bits per heavy atom. The Bertz CT molecular complexity index is 889. The third-order valence-electron chi connectivity index (χ3n) is 5.49. The van der Waals surface area contributed by atoms with Crippen LogP contribution in [0.1, 0.15) is 60.3 Å². The fourth-order valence-electron chi connectivity index (χ4n) is 3.89. The zero-order valence-electron chi connectivity index (χ0n) is 16.4. The summed E-state index contributed by atoms with van der Waals surface area (Å²) in [6.45, 7) is 0.559. The van der Waals surface area contributed by atoms with Crippen molar-refractivity contribution in [1.29, 1.82) is 0 Å². The summed E-state index contributed by atoms with van der Waals surface area (Å²) in [5, 5.41) is 17.6. The normalized spacial score (nSPS) is 15.9. The molecular formula is C21H26N6OS. The van der Waals surface area contributed by atoms with Gasteiger partial charge in [0.2, 0.25) is 5.91 Å². The van der Waals surface area contributed by atoms with Gasteiger partial charge in [-0.2, -0.15) is 0 Å². The van der Waals surface area contributed by atoms with Crippen LogP contribution in [0.15, 0.2) is 42.0 Å². The summed E-state index contributed by atoms with van der Waals surface area (Å²) in [6.07, 6.45) is 9.27. The van der Waals surface area contributed by atoms with Crippen molar-refractivity contribution in [2.24, 2.45) is 0 Å². The molecule has 0 saturated heterocycles. The van der Waals surface area contributed by atoms with Crippen LogP contribution in [0.25, 0.3) is 0 Å². The summed E-state index contributed by atoms with van der Waals surface area (Å²) < 4.78 is 1.52. The first kappa shape index (κ1) is 19.7. The first-order valence-electron chi connectivity index (χ1n) is 10.3. The highest BCUT2D eigenvalue weighted by Gasteiger charge is 2.22. The van der Waals surface area contributed by atoms with Gasteiger partial charge in [0.25, 0.3) is 0 Å². The van der Waals surface area contributed by atoms with Gasteiger partial charge in [-0.3, -0.25) is 4.79 Å². The first-order valence-corrected chi connectivity index (χ1v) is 11.2. The molecule has 4 rings (SSSR count). The van der Waals surface area contributed by atoms with Crippen LogP contribution in [0, 0.1) is 0 Å². The van der Waals surface area contributed by atoms with Gasteiger partial charge in [-0.1, -0.05) is 49.6 Å². The molecule has 3 aromatic rings. The maximum atomic E-state index is 12.8. The number of tetrazole rings is 1. The molecule has 1 amide bonds. The van der Waals surface area contributed by atoms with Gasteiger partial charge in [-0.25, -0.2) is 9.67 Å². The molecule has 1 aliphatic rings. The molecule has 1 aliphatic carbocycles. The number of benzene rings is 1. The van der Waals surface area contributed by atoms with Crippen LogP contribution < -0.4 is 5.32 Å². The molecule has 0 bridgehead atoms. The molecule has 1 saturated carbocycles. The van der Waals surface area contributed by atoms with Crippen LogP contribution in [-0.4, -0.2) is 37.6 Å². The third kappa shape index (κ3) is 5.26. The summed E-state index contributed by atoms with van der Waals surface area (Å²) in [6, 6.07) is 9.44. The monoisotopic (exact) mass is 410 g/mol. The van der Waals surface area contributed by atoms with Crippen LogP contribution in [0.5, 0.6) is 0 Å². The van der Waals surface area contributed by atoms with Gasteiger partial charge >= 0.3 is 0 Å². The van der Waals surface area contributed by atoms with E-state index in [4.69, 9.17) is 4.98 Å². The average Bonchev–Trinajstić information content (AvgIpc) is 3.46. The van der Waals surface area contributed by atoms with Gasteiger partial charge in [-0.15, -0.1) is 16.4 Å². The number of amides is 1. The number of aromatic nitrogens is 5. The highest BCUT2D eigenvalue weighted by Crippen LogP contribution is 2.33. The van der Waals surface area contributed by atoms with E-state index < -0.39 is 6.04 Å². The van der Waals surface area contributed by atoms with E-state index in [1.165, 1.54) is 48.8 Å². The lowest BCUT2D eigenvalue weighted by Gasteiger charge is -2.19. The van der Waals surface area contributed by atoms with Crippen molar-refractivity contribution >= 4 is 17.2 Å². The van der Waals surface area contributed by atoms with Crippen molar-refractivity contribution in [1.82, 2.24) is 30.5 Å². The van der Waals surface area contributed by atoms with E-state index in [-0.39, 0.29) is 5.91 Å². The minimum atomic E-state index is -0.471. The molecule has 0 aliphatic heterocycles. The van der Waals surface area contributed by atoms with Crippen molar-refractivity contribution in [2.75, 3.05) is 6.54 Å². The molecule has 1 fully saturated rings. The number of carbonyl (C=O) groups excluding carboxylic acids is 1. The summed E-state index contributed by atoms with van der Waals surface area (Å²) in [4.78, 5) is 17.7. The molecule has 152 valence electrons. The molecule has 7 nitrogen and oxygen atoms in total. The Kier molecular flexibility index (Phi) is 6.61. The smallest absolute Gasteiger partial charge is 0.245 e. The van der Waals surface area contributed by atoms with Crippen molar-refractivity contribution in [3.05, 3.63) is 58.3 Å². The second-order valence-electron chi connectivity index (χ2n) is 7.54. The number of thiazole rings is 1. The highest BCUT2D eigenvalue weighted by atomic mass is 32.1. The maximum absolute atomic E-state index is 12.8. The van der Waals surface area contributed by atoms with Crippen LogP contribution in [-0.2, 0) is 17.6 Å². The molecule has 1 aromatic carbocycles. The number of nitrogens with zero attached hydrogens (tertiary/aromatic N) is 5. The standard InChI is InChI=1S/C21H26N6OS/c28-21(19(27-15-23-25-26-27)13-16-7-3-1-4-8-16)22-12-11-20-24-18(14-29-20)17-9-5-2-6-10-17/h1,3-4,7-8,14-15,17,19H,2,5-6,9-13H2,(H,22,28). The fraction of sp³-hybridized carbons (Fsp3) is 0.476. The lowest BCUT2D eigenvalue weighted by atomic mass is 9.87. The molecule has 2 aromatic heterocycles. The fourth-order valence-corrected chi connectivity index (χ4v) is 4.77. The second kappa shape index (κ2) is 9.73. The largest absolute Gasteiger partial charge is 0.354 e. The summed E-state index contributed by atoms with van der Waals surface area (Å²) >= 11 is 1.70. The minimum absolute atomic E-state index is 0.0785. The van der Waals surface area contributed by atoms with E-state index in [1.807, 2.05) is 30.3 Å². The number of hydrogen-bond acceptors (Lipinski definition) is 6. The maximum Gasteiger partial charge on any atom is 0.245 e. The van der Waals surface area contributed by atoms with Gasteiger partial charge in [0.15, 0.2) is 0 Å². The van der Waals surface area contributed by atoms with Crippen molar-refractivity contribution in [3.63, 3.8) is 0 Å². The van der Waals surface area contributed by atoms with E-state index >= 15 is 0 Å². The van der Waals surface area contributed by atoms with Gasteiger partial charge < -0.3 is 5.32 Å². The van der Waals surface area contributed by atoms with Crippen LogP contribution >= 0.6 is 11.3 Å². The van der Waals surface area contributed by atoms with Crippen LogP contribution in [0.4, 0.5) is 0 Å². The highest BCUT2D eigenvalue weighted by molar-refractivity contribution is 7.09. The van der Waals surface area contributed by atoms with E-state index in [0.717, 1.165) is 17.0 Å². The Balaban J connectivity index is 1.33. The second-order valence-corrected chi connectivity index (χ2v) is 8.48. The average molecular weight is 411 g/mol. The molecule has 1 unspecified atom stereocenters. The molecule has 2 heterocycles. The number of rotatable bonds is 8. The number of hydrogen-bond donors (Lipinski definition) is 1. The van der Waals surface area contributed by atoms with E-state index in [0.29, 0.717) is 18.9 Å². The number of nitrogens with one attached hydrogen (secondary N) is 1. The van der Waals surface area contributed by atoms with Crippen LogP contribution in [0.2, 0.25) is 0 Å². The molecule has 1 atom stereocenters. The van der Waals surface area contributed by atoms with Crippen molar-refractivity contribution < 1.29 is 4.79 Å². The van der Waals surface area contributed by atoms with Crippen molar-refractivity contribution in [2.45, 2.75) is 56.9 Å². The van der Waals surface area contributed by atoms with Crippen LogP contribution in [0.3, 0.4) is 0 Å². The Hall–Kier alpha value is -2.61. The quantitative estimate of drug-likeness (QED) is 0.616. The van der Waals surface area contributed by atoms with Crippen molar-refractivity contribution in [3.8, 4) is 0 Å². The predicted molar refractivity (Wildman–Crippen MR) is 112 cm³/mol. The van der Waals surface area contributed by atoms with Gasteiger partial charge in [-0.05, 0) is 28.8 Å².